The normalized spacial score (nSPS) is 18.4. The number of hydrogen-bond donors (Lipinski definition) is 0. The Labute approximate surface area is 129 Å². The average Bonchev–Trinajstić information content (AvgIpc) is 2.46. The number of nitrogens with zero attached hydrogens (tertiary/aromatic N) is 2. The molecule has 0 spiro atoms. The number of halogens is 1. The maximum atomic E-state index is 12.5. The van der Waals surface area contributed by atoms with Gasteiger partial charge in [-0.05, 0) is 38.8 Å². The first-order valence-corrected chi connectivity index (χ1v) is 7.49. The fourth-order valence-electron chi connectivity index (χ4n) is 2.55. The average molecular weight is 311 g/mol. The fourth-order valence-corrected chi connectivity index (χ4v) is 2.80. The summed E-state index contributed by atoms with van der Waals surface area (Å²) in [6.07, 6.45) is 1.56. The predicted molar refractivity (Wildman–Crippen MR) is 79.2 cm³/mol. The molecule has 1 aliphatic heterocycles. The Morgan fingerprint density at radius 1 is 1.48 bits per heavy atom. The molecular weight excluding hydrogens is 292 g/mol. The summed E-state index contributed by atoms with van der Waals surface area (Å²) in [4.78, 5) is 30.1. The number of carbonyl (C=O) groups is 2. The van der Waals surface area contributed by atoms with Crippen LogP contribution in [0.2, 0.25) is 5.15 Å². The van der Waals surface area contributed by atoms with E-state index in [1.165, 1.54) is 0 Å². The first-order valence-electron chi connectivity index (χ1n) is 7.11. The van der Waals surface area contributed by atoms with Crippen molar-refractivity contribution < 1.29 is 14.3 Å². The van der Waals surface area contributed by atoms with Crippen molar-refractivity contribution in [3.05, 3.63) is 28.5 Å². The van der Waals surface area contributed by atoms with Crippen LogP contribution in [0.3, 0.4) is 0 Å². The number of ether oxygens (including phenoxy) is 1. The number of amides is 1. The zero-order valence-electron chi connectivity index (χ0n) is 12.3. The lowest BCUT2D eigenvalue weighted by Crippen LogP contribution is -2.42. The number of esters is 1. The molecule has 0 radical (unpaired) electrons. The number of aromatic nitrogens is 1. The number of aryl methyl sites for hydroxylation is 1. The molecule has 2 heterocycles. The zero-order chi connectivity index (χ0) is 15.4. The van der Waals surface area contributed by atoms with Crippen LogP contribution in [0.1, 0.15) is 35.8 Å². The van der Waals surface area contributed by atoms with Crippen molar-refractivity contribution in [3.8, 4) is 0 Å². The molecule has 1 amide bonds. The van der Waals surface area contributed by atoms with Gasteiger partial charge in [0.2, 0.25) is 0 Å². The molecule has 1 fully saturated rings. The molecule has 0 unspecified atom stereocenters. The smallest absolute Gasteiger partial charge is 0.310 e. The SMILES string of the molecule is CCOC(=O)[C@@H]1CCCN(C(=O)c2cc(C)nc(Cl)c2)C1. The van der Waals surface area contributed by atoms with Gasteiger partial charge in [0.05, 0.1) is 12.5 Å². The second-order valence-corrected chi connectivity index (χ2v) is 5.55. The molecule has 21 heavy (non-hydrogen) atoms. The van der Waals surface area contributed by atoms with Crippen LogP contribution in [0.5, 0.6) is 0 Å². The molecule has 114 valence electrons. The maximum absolute atomic E-state index is 12.5. The molecule has 1 aromatic heterocycles. The van der Waals surface area contributed by atoms with E-state index in [1.807, 2.05) is 0 Å². The maximum Gasteiger partial charge on any atom is 0.310 e. The van der Waals surface area contributed by atoms with Gasteiger partial charge in [0.1, 0.15) is 5.15 Å². The third-order valence-electron chi connectivity index (χ3n) is 3.50. The molecule has 1 aliphatic rings. The highest BCUT2D eigenvalue weighted by Crippen LogP contribution is 2.21. The van der Waals surface area contributed by atoms with Crippen LogP contribution in [-0.2, 0) is 9.53 Å². The van der Waals surface area contributed by atoms with E-state index >= 15 is 0 Å². The molecule has 0 aromatic carbocycles. The summed E-state index contributed by atoms with van der Waals surface area (Å²) in [5.41, 5.74) is 1.21. The number of piperidine rings is 1. The Kier molecular flexibility index (Phi) is 5.17. The van der Waals surface area contributed by atoms with E-state index in [9.17, 15) is 9.59 Å². The lowest BCUT2D eigenvalue weighted by molar-refractivity contribution is -0.149. The van der Waals surface area contributed by atoms with E-state index in [0.29, 0.717) is 36.1 Å². The quantitative estimate of drug-likeness (QED) is 0.635. The van der Waals surface area contributed by atoms with E-state index in [0.717, 1.165) is 12.8 Å². The summed E-state index contributed by atoms with van der Waals surface area (Å²) in [6.45, 7) is 4.98. The Bertz CT molecular complexity index is 527. The van der Waals surface area contributed by atoms with Gasteiger partial charge in [0.15, 0.2) is 0 Å². The predicted octanol–water partition coefficient (Wildman–Crippen LogP) is 2.46. The van der Waals surface area contributed by atoms with Crippen LogP contribution >= 0.6 is 11.6 Å². The highest BCUT2D eigenvalue weighted by Gasteiger charge is 2.29. The van der Waals surface area contributed by atoms with Crippen LogP contribution in [0.25, 0.3) is 0 Å². The molecule has 0 bridgehead atoms. The summed E-state index contributed by atoms with van der Waals surface area (Å²) in [7, 11) is 0. The fraction of sp³-hybridized carbons (Fsp3) is 0.533. The summed E-state index contributed by atoms with van der Waals surface area (Å²) in [5.74, 6) is -0.573. The second-order valence-electron chi connectivity index (χ2n) is 5.16. The van der Waals surface area contributed by atoms with E-state index in [-0.39, 0.29) is 17.8 Å². The van der Waals surface area contributed by atoms with Crippen molar-refractivity contribution in [2.24, 2.45) is 5.92 Å². The Balaban J connectivity index is 2.10. The highest BCUT2D eigenvalue weighted by molar-refractivity contribution is 6.29. The Morgan fingerprint density at radius 3 is 2.90 bits per heavy atom. The minimum Gasteiger partial charge on any atom is -0.466 e. The van der Waals surface area contributed by atoms with Gasteiger partial charge in [0, 0.05) is 24.3 Å². The van der Waals surface area contributed by atoms with Gasteiger partial charge in [-0.1, -0.05) is 11.6 Å². The largest absolute Gasteiger partial charge is 0.466 e. The summed E-state index contributed by atoms with van der Waals surface area (Å²) >= 11 is 5.90. The monoisotopic (exact) mass is 310 g/mol. The van der Waals surface area contributed by atoms with Gasteiger partial charge in [-0.3, -0.25) is 9.59 Å². The van der Waals surface area contributed by atoms with Crippen molar-refractivity contribution in [2.45, 2.75) is 26.7 Å². The molecule has 1 aromatic rings. The van der Waals surface area contributed by atoms with Crippen molar-refractivity contribution in [1.82, 2.24) is 9.88 Å². The third kappa shape index (κ3) is 3.94. The van der Waals surface area contributed by atoms with Crippen LogP contribution in [0.4, 0.5) is 0 Å². The van der Waals surface area contributed by atoms with E-state index < -0.39 is 0 Å². The van der Waals surface area contributed by atoms with Gasteiger partial charge >= 0.3 is 5.97 Å². The third-order valence-corrected chi connectivity index (χ3v) is 3.69. The van der Waals surface area contributed by atoms with Gasteiger partial charge in [-0.15, -0.1) is 0 Å². The molecule has 6 heteroatoms. The number of carbonyl (C=O) groups excluding carboxylic acids is 2. The molecule has 0 N–H and O–H groups in total. The highest BCUT2D eigenvalue weighted by atomic mass is 35.5. The topological polar surface area (TPSA) is 59.5 Å². The van der Waals surface area contributed by atoms with Crippen molar-refractivity contribution in [1.29, 1.82) is 0 Å². The number of pyridine rings is 1. The van der Waals surface area contributed by atoms with Crippen molar-refractivity contribution >= 4 is 23.5 Å². The van der Waals surface area contributed by atoms with E-state index in [4.69, 9.17) is 16.3 Å². The Morgan fingerprint density at radius 2 is 2.24 bits per heavy atom. The summed E-state index contributed by atoms with van der Waals surface area (Å²) in [5, 5.41) is 0.303. The van der Waals surface area contributed by atoms with E-state index in [1.54, 1.807) is 30.9 Å². The summed E-state index contributed by atoms with van der Waals surface area (Å²) in [6, 6.07) is 3.27. The number of likely N-dealkylation sites (tertiary alicyclic amines) is 1. The molecule has 0 aliphatic carbocycles. The van der Waals surface area contributed by atoms with Gasteiger partial charge in [-0.2, -0.15) is 0 Å². The number of rotatable bonds is 3. The van der Waals surface area contributed by atoms with E-state index in [2.05, 4.69) is 4.98 Å². The first kappa shape index (κ1) is 15.8. The van der Waals surface area contributed by atoms with Crippen LogP contribution in [0, 0.1) is 12.8 Å². The summed E-state index contributed by atoms with van der Waals surface area (Å²) < 4.78 is 5.05. The Hall–Kier alpha value is -1.62. The van der Waals surface area contributed by atoms with Crippen molar-refractivity contribution in [3.63, 3.8) is 0 Å². The van der Waals surface area contributed by atoms with Crippen molar-refractivity contribution in [2.75, 3.05) is 19.7 Å². The van der Waals surface area contributed by atoms with Crippen LogP contribution in [0.15, 0.2) is 12.1 Å². The zero-order valence-corrected chi connectivity index (χ0v) is 13.0. The van der Waals surface area contributed by atoms with Gasteiger partial charge in [0.25, 0.3) is 5.91 Å². The minimum absolute atomic E-state index is 0.114. The lowest BCUT2D eigenvalue weighted by atomic mass is 9.97. The molecule has 2 rings (SSSR count). The molecular formula is C15H19ClN2O3. The first-order chi connectivity index (χ1) is 10.0. The van der Waals surface area contributed by atoms with Crippen LogP contribution in [-0.4, -0.2) is 41.5 Å². The minimum atomic E-state index is -0.235. The standard InChI is InChI=1S/C15H19ClN2O3/c1-3-21-15(20)11-5-4-6-18(9-11)14(19)12-7-10(2)17-13(16)8-12/h7-8,11H,3-6,9H2,1-2H3/t11-/m1/s1. The number of hydrogen-bond acceptors (Lipinski definition) is 4. The molecule has 0 saturated carbocycles. The lowest BCUT2D eigenvalue weighted by Gasteiger charge is -2.31. The van der Waals surface area contributed by atoms with Gasteiger partial charge < -0.3 is 9.64 Å². The molecule has 1 atom stereocenters. The van der Waals surface area contributed by atoms with Gasteiger partial charge in [-0.25, -0.2) is 4.98 Å². The molecule has 1 saturated heterocycles. The van der Waals surface area contributed by atoms with Crippen LogP contribution < -0.4 is 0 Å². The molecule has 5 nitrogen and oxygen atoms in total. The second kappa shape index (κ2) is 6.89.